The van der Waals surface area contributed by atoms with Crippen LogP contribution in [-0.4, -0.2) is 34.8 Å². The van der Waals surface area contributed by atoms with Crippen molar-refractivity contribution in [1.82, 2.24) is 20.2 Å². The minimum Gasteiger partial charge on any atom is -0.486 e. The predicted octanol–water partition coefficient (Wildman–Crippen LogP) is 3.30. The van der Waals surface area contributed by atoms with E-state index >= 15 is 0 Å². The number of ether oxygens (including phenoxy) is 2. The van der Waals surface area contributed by atoms with Crippen molar-refractivity contribution in [3.63, 3.8) is 0 Å². The van der Waals surface area contributed by atoms with Crippen molar-refractivity contribution in [3.05, 3.63) is 77.3 Å². The van der Waals surface area contributed by atoms with Gasteiger partial charge in [0.15, 0.2) is 17.6 Å². The summed E-state index contributed by atoms with van der Waals surface area (Å²) < 4.78 is 13.4. The summed E-state index contributed by atoms with van der Waals surface area (Å²) in [5, 5.41) is 6.47. The third kappa shape index (κ3) is 4.46. The Morgan fingerprint density at radius 1 is 1.24 bits per heavy atom. The summed E-state index contributed by atoms with van der Waals surface area (Å²) >= 11 is 6.00. The molecule has 0 aliphatic carbocycles. The number of nitrogens with zero attached hydrogens (tertiary/aromatic N) is 2. The maximum atomic E-state index is 12.6. The summed E-state index contributed by atoms with van der Waals surface area (Å²) in [6.45, 7) is 0.686. The lowest BCUT2D eigenvalue weighted by molar-refractivity contribution is 0.0917. The standard InChI is InChI=1S/C21H21ClN4O3/c1-26-11-10-23-20(26)19(14-6-8-15(22)9-7-14)25-21(27)24-12-16-13-28-17-4-2-3-5-18(17)29-16/h2-11,16,19H,12-13H2,1H3,(H2,24,25,27)/t16-,19-/m1/s1. The summed E-state index contributed by atoms with van der Waals surface area (Å²) in [6.07, 6.45) is 3.27. The highest BCUT2D eigenvalue weighted by Gasteiger charge is 2.23. The second-order valence-corrected chi connectivity index (χ2v) is 7.17. The van der Waals surface area contributed by atoms with Crippen LogP contribution < -0.4 is 20.1 Å². The first-order chi connectivity index (χ1) is 14.1. The number of benzene rings is 2. The third-order valence-corrected chi connectivity index (χ3v) is 4.91. The lowest BCUT2D eigenvalue weighted by Gasteiger charge is -2.27. The number of halogens is 1. The Hall–Kier alpha value is -3.19. The lowest BCUT2D eigenvalue weighted by Crippen LogP contribution is -2.45. The Morgan fingerprint density at radius 3 is 2.72 bits per heavy atom. The predicted molar refractivity (Wildman–Crippen MR) is 109 cm³/mol. The van der Waals surface area contributed by atoms with Crippen molar-refractivity contribution in [2.24, 2.45) is 7.05 Å². The van der Waals surface area contributed by atoms with E-state index in [-0.39, 0.29) is 12.1 Å². The van der Waals surface area contributed by atoms with Crippen LogP contribution in [0.5, 0.6) is 11.5 Å². The molecule has 0 saturated carbocycles. The van der Waals surface area contributed by atoms with E-state index in [0.29, 0.717) is 35.5 Å². The maximum absolute atomic E-state index is 12.6. The van der Waals surface area contributed by atoms with Crippen molar-refractivity contribution in [2.75, 3.05) is 13.2 Å². The first-order valence-corrected chi connectivity index (χ1v) is 9.63. The number of hydrogen-bond acceptors (Lipinski definition) is 4. The molecule has 2 atom stereocenters. The molecule has 1 aliphatic rings. The fourth-order valence-electron chi connectivity index (χ4n) is 3.16. The molecule has 0 spiro atoms. The minimum atomic E-state index is -0.420. The van der Waals surface area contributed by atoms with E-state index in [4.69, 9.17) is 21.1 Å². The zero-order chi connectivity index (χ0) is 20.2. The Labute approximate surface area is 173 Å². The number of imidazole rings is 1. The molecule has 2 aromatic carbocycles. The minimum absolute atomic E-state index is 0.266. The highest BCUT2D eigenvalue weighted by atomic mass is 35.5. The van der Waals surface area contributed by atoms with Gasteiger partial charge in [0.1, 0.15) is 18.5 Å². The van der Waals surface area contributed by atoms with Gasteiger partial charge in [-0.3, -0.25) is 0 Å². The zero-order valence-corrected chi connectivity index (χ0v) is 16.6. The Balaban J connectivity index is 1.41. The molecule has 1 aliphatic heterocycles. The summed E-state index contributed by atoms with van der Waals surface area (Å²) in [5.41, 5.74) is 0.880. The van der Waals surface area contributed by atoms with E-state index in [9.17, 15) is 4.79 Å². The molecule has 2 heterocycles. The van der Waals surface area contributed by atoms with Gasteiger partial charge in [-0.2, -0.15) is 0 Å². The molecule has 3 aromatic rings. The molecule has 7 nitrogen and oxygen atoms in total. The van der Waals surface area contributed by atoms with Gasteiger partial charge in [0, 0.05) is 24.5 Å². The van der Waals surface area contributed by atoms with Gasteiger partial charge in [0.2, 0.25) is 0 Å². The summed E-state index contributed by atoms with van der Waals surface area (Å²) in [4.78, 5) is 17.0. The van der Waals surface area contributed by atoms with E-state index in [1.807, 2.05) is 54.2 Å². The number of fused-ring (bicyclic) bond motifs is 1. The highest BCUT2D eigenvalue weighted by molar-refractivity contribution is 6.30. The topological polar surface area (TPSA) is 77.4 Å². The fourth-order valence-corrected chi connectivity index (χ4v) is 3.29. The maximum Gasteiger partial charge on any atom is 0.315 e. The quantitative estimate of drug-likeness (QED) is 0.674. The molecule has 1 aromatic heterocycles. The van der Waals surface area contributed by atoms with E-state index in [2.05, 4.69) is 15.6 Å². The number of carbonyl (C=O) groups is 1. The van der Waals surface area contributed by atoms with Gasteiger partial charge in [-0.05, 0) is 29.8 Å². The van der Waals surface area contributed by atoms with Crippen LogP contribution in [0.15, 0.2) is 60.9 Å². The van der Waals surface area contributed by atoms with Crippen molar-refractivity contribution in [1.29, 1.82) is 0 Å². The average Bonchev–Trinajstić information content (AvgIpc) is 3.16. The molecule has 0 saturated heterocycles. The number of hydrogen-bond donors (Lipinski definition) is 2. The van der Waals surface area contributed by atoms with Crippen LogP contribution in [0.2, 0.25) is 5.02 Å². The Bertz CT molecular complexity index is 990. The largest absolute Gasteiger partial charge is 0.486 e. The van der Waals surface area contributed by atoms with Crippen LogP contribution in [0.25, 0.3) is 0 Å². The normalized spacial score (nSPS) is 16.1. The Kier molecular flexibility index (Phi) is 5.57. The lowest BCUT2D eigenvalue weighted by atomic mass is 10.1. The number of nitrogens with one attached hydrogen (secondary N) is 2. The molecule has 29 heavy (non-hydrogen) atoms. The molecule has 150 valence electrons. The first-order valence-electron chi connectivity index (χ1n) is 9.25. The van der Waals surface area contributed by atoms with Crippen LogP contribution in [-0.2, 0) is 7.05 Å². The summed E-state index contributed by atoms with van der Waals surface area (Å²) in [6, 6.07) is 14.1. The molecule has 4 rings (SSSR count). The molecule has 0 fully saturated rings. The molecule has 2 N–H and O–H groups in total. The molecule has 0 unspecified atom stereocenters. The second-order valence-electron chi connectivity index (χ2n) is 6.73. The van der Waals surface area contributed by atoms with Crippen LogP contribution in [0.1, 0.15) is 17.4 Å². The van der Waals surface area contributed by atoms with Gasteiger partial charge < -0.3 is 24.7 Å². The smallest absolute Gasteiger partial charge is 0.315 e. The van der Waals surface area contributed by atoms with Gasteiger partial charge in [0.25, 0.3) is 0 Å². The van der Waals surface area contributed by atoms with Gasteiger partial charge in [-0.1, -0.05) is 35.9 Å². The number of urea groups is 1. The third-order valence-electron chi connectivity index (χ3n) is 4.65. The first kappa shape index (κ1) is 19.1. The molecule has 8 heteroatoms. The van der Waals surface area contributed by atoms with Crippen LogP contribution in [0, 0.1) is 0 Å². The van der Waals surface area contributed by atoms with E-state index in [1.54, 1.807) is 18.3 Å². The molecular formula is C21H21ClN4O3. The summed E-state index contributed by atoms with van der Waals surface area (Å²) in [7, 11) is 1.88. The number of para-hydroxylation sites is 2. The fraction of sp³-hybridized carbons (Fsp3) is 0.238. The van der Waals surface area contributed by atoms with E-state index < -0.39 is 6.04 Å². The van der Waals surface area contributed by atoms with Crippen molar-refractivity contribution in [2.45, 2.75) is 12.1 Å². The highest BCUT2D eigenvalue weighted by Crippen LogP contribution is 2.30. The van der Waals surface area contributed by atoms with E-state index in [0.717, 1.165) is 5.56 Å². The number of aryl methyl sites for hydroxylation is 1. The summed E-state index contributed by atoms with van der Waals surface area (Å²) in [5.74, 6) is 2.11. The van der Waals surface area contributed by atoms with E-state index in [1.165, 1.54) is 0 Å². The van der Waals surface area contributed by atoms with Crippen molar-refractivity contribution < 1.29 is 14.3 Å². The molecule has 0 bridgehead atoms. The van der Waals surface area contributed by atoms with Gasteiger partial charge in [-0.15, -0.1) is 0 Å². The van der Waals surface area contributed by atoms with Crippen molar-refractivity contribution in [3.8, 4) is 11.5 Å². The van der Waals surface area contributed by atoms with Gasteiger partial charge in [0.05, 0.1) is 6.54 Å². The number of carbonyl (C=O) groups excluding carboxylic acids is 1. The number of amides is 2. The number of rotatable bonds is 5. The Morgan fingerprint density at radius 2 is 2.00 bits per heavy atom. The van der Waals surface area contributed by atoms with Crippen LogP contribution >= 0.6 is 11.6 Å². The van der Waals surface area contributed by atoms with Crippen LogP contribution in [0.4, 0.5) is 4.79 Å². The van der Waals surface area contributed by atoms with Crippen LogP contribution in [0.3, 0.4) is 0 Å². The number of aromatic nitrogens is 2. The molecule has 0 radical (unpaired) electrons. The molecule has 2 amide bonds. The van der Waals surface area contributed by atoms with Crippen molar-refractivity contribution >= 4 is 17.6 Å². The zero-order valence-electron chi connectivity index (χ0n) is 15.8. The molecular weight excluding hydrogens is 392 g/mol. The van der Waals surface area contributed by atoms with Gasteiger partial charge >= 0.3 is 6.03 Å². The van der Waals surface area contributed by atoms with Gasteiger partial charge in [-0.25, -0.2) is 9.78 Å². The SMILES string of the molecule is Cn1ccnc1[C@H](NC(=O)NC[C@@H]1COc2ccccc2O1)c1ccc(Cl)cc1. The average molecular weight is 413 g/mol. The monoisotopic (exact) mass is 412 g/mol. The second kappa shape index (κ2) is 8.45.